The molecule has 1 amide bonds. The first kappa shape index (κ1) is 19.0. The number of hydrogen-bond acceptors (Lipinski definition) is 7. The van der Waals surface area contributed by atoms with Gasteiger partial charge >= 0.3 is 0 Å². The van der Waals surface area contributed by atoms with Gasteiger partial charge in [0.2, 0.25) is 5.91 Å². The van der Waals surface area contributed by atoms with Gasteiger partial charge in [0.05, 0.1) is 28.9 Å². The Balaban J connectivity index is 1.57. The normalized spacial score (nSPS) is 15.6. The maximum absolute atomic E-state index is 12.7. The van der Waals surface area contributed by atoms with Gasteiger partial charge in [-0.1, -0.05) is 23.5 Å². The molecule has 4 radical (unpaired) electrons. The number of ether oxygens (including phenoxy) is 1. The number of aryl methyl sites for hydroxylation is 1. The predicted molar refractivity (Wildman–Crippen MR) is 111 cm³/mol. The monoisotopic (exact) mass is 389 g/mol. The highest BCUT2D eigenvalue weighted by atomic mass is 32.1. The van der Waals surface area contributed by atoms with E-state index < -0.39 is 11.2 Å². The number of pyridine rings is 1. The fraction of sp³-hybridized carbons (Fsp3) is 0.333. The summed E-state index contributed by atoms with van der Waals surface area (Å²) in [5, 5.41) is 13.0. The van der Waals surface area contributed by atoms with Crippen LogP contribution in [0.3, 0.4) is 0 Å². The zero-order valence-electron chi connectivity index (χ0n) is 15.4. The molecule has 0 unspecified atom stereocenters. The number of aromatic nitrogens is 3. The molecule has 28 heavy (non-hydrogen) atoms. The van der Waals surface area contributed by atoms with E-state index in [9.17, 15) is 4.79 Å². The van der Waals surface area contributed by atoms with Gasteiger partial charge in [-0.2, -0.15) is 0 Å². The number of nitrogens with one attached hydrogen (secondary N) is 1. The molecule has 0 aliphatic carbocycles. The molecule has 3 aromatic rings. The SMILES string of the molecule is [B]C([B])(C(=O)Nc1cc2cc(-c3nnc(C)s3)ccc2cn1)N1CCOCC1. The standard InChI is InChI=1S/C18H17B2N5O2S/c1-11-23-24-16(28-11)12-2-3-13-10-21-15(9-14(13)8-12)22-17(26)18(19,20)25-4-6-27-7-5-25/h2-3,8-10H,4-7H2,1H3,(H,21,22,26). The molecule has 0 atom stereocenters. The fourth-order valence-corrected chi connectivity index (χ4v) is 3.74. The Kier molecular flexibility index (Phi) is 5.18. The van der Waals surface area contributed by atoms with E-state index in [1.807, 2.05) is 25.1 Å². The quantitative estimate of drug-likeness (QED) is 0.679. The molecule has 138 valence electrons. The first-order valence-electron chi connectivity index (χ1n) is 8.86. The van der Waals surface area contributed by atoms with E-state index in [0.717, 1.165) is 26.4 Å². The van der Waals surface area contributed by atoms with E-state index in [4.69, 9.17) is 20.4 Å². The lowest BCUT2D eigenvalue weighted by molar-refractivity contribution is -0.121. The van der Waals surface area contributed by atoms with Crippen LogP contribution in [0.1, 0.15) is 5.01 Å². The maximum Gasteiger partial charge on any atom is 0.227 e. The van der Waals surface area contributed by atoms with Gasteiger partial charge < -0.3 is 15.0 Å². The molecule has 10 heteroatoms. The number of morpholine rings is 1. The lowest BCUT2D eigenvalue weighted by Crippen LogP contribution is -2.61. The van der Waals surface area contributed by atoms with Crippen molar-refractivity contribution < 1.29 is 9.53 Å². The molecule has 1 fully saturated rings. The van der Waals surface area contributed by atoms with Crippen LogP contribution in [-0.4, -0.2) is 73.3 Å². The Morgan fingerprint density at radius 3 is 2.71 bits per heavy atom. The van der Waals surface area contributed by atoms with Crippen molar-refractivity contribution in [3.8, 4) is 10.6 Å². The second kappa shape index (κ2) is 7.62. The third-order valence-corrected chi connectivity index (χ3v) is 5.52. The van der Waals surface area contributed by atoms with Crippen molar-refractivity contribution in [2.75, 3.05) is 31.6 Å². The summed E-state index contributed by atoms with van der Waals surface area (Å²) in [6.45, 7) is 3.89. The van der Waals surface area contributed by atoms with Gasteiger partial charge in [-0.25, -0.2) is 4.98 Å². The van der Waals surface area contributed by atoms with Gasteiger partial charge in [-0.3, -0.25) is 4.79 Å². The number of fused-ring (bicyclic) bond motifs is 1. The zero-order chi connectivity index (χ0) is 19.7. The molecule has 3 heterocycles. The van der Waals surface area contributed by atoms with Crippen molar-refractivity contribution in [2.24, 2.45) is 0 Å². The zero-order valence-corrected chi connectivity index (χ0v) is 16.2. The Labute approximate surface area is 169 Å². The van der Waals surface area contributed by atoms with Crippen molar-refractivity contribution in [3.05, 3.63) is 35.5 Å². The van der Waals surface area contributed by atoms with Crippen molar-refractivity contribution >= 4 is 49.5 Å². The Bertz CT molecular complexity index is 1020. The summed E-state index contributed by atoms with van der Waals surface area (Å²) in [7, 11) is 12.2. The van der Waals surface area contributed by atoms with Crippen molar-refractivity contribution in [3.63, 3.8) is 0 Å². The number of carbonyl (C=O) groups is 1. The van der Waals surface area contributed by atoms with E-state index in [0.29, 0.717) is 32.1 Å². The molecule has 0 saturated carbocycles. The topological polar surface area (TPSA) is 80.2 Å². The number of benzene rings is 1. The molecule has 1 aliphatic heterocycles. The third-order valence-electron chi connectivity index (χ3n) is 4.63. The molecule has 4 rings (SSSR count). The first-order chi connectivity index (χ1) is 13.4. The smallest absolute Gasteiger partial charge is 0.227 e. The summed E-state index contributed by atoms with van der Waals surface area (Å²) >= 11 is 1.53. The van der Waals surface area contributed by atoms with E-state index >= 15 is 0 Å². The van der Waals surface area contributed by atoms with Crippen molar-refractivity contribution in [1.82, 2.24) is 20.1 Å². The highest BCUT2D eigenvalue weighted by molar-refractivity contribution is 7.14. The van der Waals surface area contributed by atoms with Gasteiger partial charge in [0.1, 0.15) is 15.8 Å². The van der Waals surface area contributed by atoms with E-state index in [-0.39, 0.29) is 0 Å². The van der Waals surface area contributed by atoms with E-state index in [1.165, 1.54) is 11.3 Å². The molecule has 7 nitrogen and oxygen atoms in total. The summed E-state index contributed by atoms with van der Waals surface area (Å²) < 4.78 is 5.28. The molecule has 1 aromatic carbocycles. The van der Waals surface area contributed by atoms with Crippen LogP contribution >= 0.6 is 11.3 Å². The van der Waals surface area contributed by atoms with Crippen molar-refractivity contribution in [1.29, 1.82) is 0 Å². The average molecular weight is 389 g/mol. The Morgan fingerprint density at radius 2 is 2.00 bits per heavy atom. The Hall–Kier alpha value is -2.29. The van der Waals surface area contributed by atoms with Crippen LogP contribution in [-0.2, 0) is 9.53 Å². The summed E-state index contributed by atoms with van der Waals surface area (Å²) in [6, 6.07) is 7.72. The largest absolute Gasteiger partial charge is 0.379 e. The van der Waals surface area contributed by atoms with E-state index in [1.54, 1.807) is 17.2 Å². The van der Waals surface area contributed by atoms with Crippen LogP contribution in [0.4, 0.5) is 5.82 Å². The summed E-state index contributed by atoms with van der Waals surface area (Å²) in [4.78, 5) is 18.7. The van der Waals surface area contributed by atoms with Crippen LogP contribution in [0.25, 0.3) is 21.3 Å². The lowest BCUT2D eigenvalue weighted by atomic mass is 9.60. The lowest BCUT2D eigenvalue weighted by Gasteiger charge is -2.40. The number of carbonyl (C=O) groups excluding carboxylic acids is 1. The second-order valence-corrected chi connectivity index (χ2v) is 7.82. The first-order valence-corrected chi connectivity index (χ1v) is 9.67. The third kappa shape index (κ3) is 3.80. The number of amides is 1. The van der Waals surface area contributed by atoms with Gasteiger partial charge in [-0.15, -0.1) is 10.2 Å². The minimum atomic E-state index is -1.63. The highest BCUT2D eigenvalue weighted by Gasteiger charge is 2.34. The maximum atomic E-state index is 12.7. The summed E-state index contributed by atoms with van der Waals surface area (Å²) in [5.41, 5.74) is 0.960. The molecular weight excluding hydrogens is 372 g/mol. The molecular formula is C18H17B2N5O2S. The second-order valence-electron chi connectivity index (χ2n) is 6.64. The highest BCUT2D eigenvalue weighted by Crippen LogP contribution is 2.27. The molecule has 1 N–H and O–H groups in total. The number of nitrogens with zero attached hydrogens (tertiary/aromatic N) is 4. The molecule has 1 saturated heterocycles. The number of rotatable bonds is 4. The molecule has 0 bridgehead atoms. The summed E-state index contributed by atoms with van der Waals surface area (Å²) in [5.74, 6) is -0.131. The van der Waals surface area contributed by atoms with Gasteiger partial charge in [0.15, 0.2) is 0 Å². The van der Waals surface area contributed by atoms with Crippen LogP contribution < -0.4 is 5.32 Å². The molecule has 2 aromatic heterocycles. The number of anilines is 1. The van der Waals surface area contributed by atoms with Gasteiger partial charge in [-0.05, 0) is 24.4 Å². The fourth-order valence-electron chi connectivity index (χ4n) is 3.05. The average Bonchev–Trinajstić information content (AvgIpc) is 3.14. The predicted octanol–water partition coefficient (Wildman–Crippen LogP) is 1.32. The Morgan fingerprint density at radius 1 is 1.21 bits per heavy atom. The summed E-state index contributed by atoms with van der Waals surface area (Å²) in [6.07, 6.45) is 1.70. The molecule has 0 spiro atoms. The van der Waals surface area contributed by atoms with Crippen LogP contribution in [0.15, 0.2) is 30.5 Å². The van der Waals surface area contributed by atoms with Crippen LogP contribution in [0.2, 0.25) is 0 Å². The van der Waals surface area contributed by atoms with Crippen molar-refractivity contribution in [2.45, 2.75) is 12.3 Å². The van der Waals surface area contributed by atoms with Crippen LogP contribution in [0, 0.1) is 6.92 Å². The van der Waals surface area contributed by atoms with E-state index in [2.05, 4.69) is 20.5 Å². The van der Waals surface area contributed by atoms with Crippen LogP contribution in [0.5, 0.6) is 0 Å². The van der Waals surface area contributed by atoms with Gasteiger partial charge in [0.25, 0.3) is 0 Å². The minimum Gasteiger partial charge on any atom is -0.379 e. The molecule has 1 aliphatic rings. The number of hydrogen-bond donors (Lipinski definition) is 1. The minimum absolute atomic E-state index is 0.386. The van der Waals surface area contributed by atoms with Gasteiger partial charge in [0, 0.05) is 35.6 Å².